The number of benzene rings is 1. The monoisotopic (exact) mass is 296 g/mol. The van der Waals surface area contributed by atoms with Gasteiger partial charge in [-0.15, -0.1) is 0 Å². The maximum Gasteiger partial charge on any atom is 0.238 e. The molecular weight excluding hydrogens is 276 g/mol. The molecule has 0 radical (unpaired) electrons. The molecule has 1 aromatic carbocycles. The van der Waals surface area contributed by atoms with Gasteiger partial charge < -0.3 is 10.4 Å². The van der Waals surface area contributed by atoms with Crippen LogP contribution in [0.5, 0.6) is 0 Å². The molecule has 110 valence electrons. The Bertz CT molecular complexity index is 491. The van der Waals surface area contributed by atoms with Gasteiger partial charge in [-0.25, -0.2) is 0 Å². The molecule has 5 heteroatoms. The Morgan fingerprint density at radius 3 is 2.95 bits per heavy atom. The van der Waals surface area contributed by atoms with Gasteiger partial charge in [-0.1, -0.05) is 11.6 Å². The molecule has 2 atom stereocenters. The minimum absolute atomic E-state index is 0.0262. The number of aryl methyl sites for hydroxylation is 1. The summed E-state index contributed by atoms with van der Waals surface area (Å²) in [6, 6.07) is 5.41. The highest BCUT2D eigenvalue weighted by atomic mass is 35.5. The van der Waals surface area contributed by atoms with Gasteiger partial charge in [0.2, 0.25) is 5.91 Å². The number of aliphatic hydroxyl groups excluding tert-OH is 1. The maximum atomic E-state index is 12.0. The number of aliphatic hydroxyl groups is 1. The van der Waals surface area contributed by atoms with Crippen LogP contribution < -0.4 is 5.32 Å². The topological polar surface area (TPSA) is 52.6 Å². The number of hydrogen-bond acceptors (Lipinski definition) is 3. The molecule has 1 aliphatic rings. The van der Waals surface area contributed by atoms with E-state index < -0.39 is 0 Å². The Kier molecular flexibility index (Phi) is 5.02. The van der Waals surface area contributed by atoms with Crippen LogP contribution in [-0.2, 0) is 4.79 Å². The average Bonchev–Trinajstić information content (AvgIpc) is 2.81. The van der Waals surface area contributed by atoms with E-state index in [-0.39, 0.29) is 17.9 Å². The third-order valence-electron chi connectivity index (χ3n) is 3.82. The van der Waals surface area contributed by atoms with E-state index in [0.29, 0.717) is 11.6 Å². The normalized spacial score (nSPS) is 20.9. The smallest absolute Gasteiger partial charge is 0.238 e. The summed E-state index contributed by atoms with van der Waals surface area (Å²) in [5.74, 6) is 0.252. The van der Waals surface area contributed by atoms with Gasteiger partial charge in [-0.2, -0.15) is 0 Å². The summed E-state index contributed by atoms with van der Waals surface area (Å²) in [6.07, 6.45) is 0.645. The van der Waals surface area contributed by atoms with E-state index in [0.717, 1.165) is 30.8 Å². The van der Waals surface area contributed by atoms with Crippen molar-refractivity contribution in [2.75, 3.05) is 25.0 Å². The van der Waals surface area contributed by atoms with Gasteiger partial charge in [0, 0.05) is 17.3 Å². The first-order chi connectivity index (χ1) is 9.45. The molecule has 20 heavy (non-hydrogen) atoms. The van der Waals surface area contributed by atoms with Crippen molar-refractivity contribution in [2.24, 2.45) is 5.92 Å². The van der Waals surface area contributed by atoms with Crippen molar-refractivity contribution in [3.05, 3.63) is 28.8 Å². The molecule has 2 N–H and O–H groups in total. The van der Waals surface area contributed by atoms with Crippen LogP contribution in [0.25, 0.3) is 0 Å². The lowest BCUT2D eigenvalue weighted by molar-refractivity contribution is -0.117. The number of hydrogen-bond donors (Lipinski definition) is 2. The molecule has 1 fully saturated rings. The van der Waals surface area contributed by atoms with Crippen LogP contribution in [0.1, 0.15) is 18.9 Å². The van der Waals surface area contributed by atoms with E-state index in [1.165, 1.54) is 0 Å². The van der Waals surface area contributed by atoms with E-state index in [9.17, 15) is 9.90 Å². The molecule has 1 aromatic rings. The van der Waals surface area contributed by atoms with Crippen LogP contribution in [0.3, 0.4) is 0 Å². The quantitative estimate of drug-likeness (QED) is 0.896. The van der Waals surface area contributed by atoms with E-state index in [1.54, 1.807) is 6.07 Å². The van der Waals surface area contributed by atoms with Crippen LogP contribution in [0, 0.1) is 12.8 Å². The molecule has 0 aliphatic carbocycles. The second-order valence-electron chi connectivity index (χ2n) is 5.53. The Balaban J connectivity index is 1.87. The summed E-state index contributed by atoms with van der Waals surface area (Å²) in [5.41, 5.74) is 1.75. The van der Waals surface area contributed by atoms with E-state index in [2.05, 4.69) is 10.2 Å². The average molecular weight is 297 g/mol. The second kappa shape index (κ2) is 6.57. The van der Waals surface area contributed by atoms with Gasteiger partial charge in [0.25, 0.3) is 0 Å². The van der Waals surface area contributed by atoms with Crippen molar-refractivity contribution < 1.29 is 9.90 Å². The van der Waals surface area contributed by atoms with E-state index in [1.807, 2.05) is 26.0 Å². The standard InChI is InChI=1S/C15H21ClN2O2/c1-10-7-13(16)3-4-14(10)17-15(20)9-18-6-5-12(8-18)11(2)19/h3-4,7,11-12,19H,5-6,8-9H2,1-2H3,(H,17,20). The molecule has 2 unspecified atom stereocenters. The lowest BCUT2D eigenvalue weighted by Crippen LogP contribution is -2.32. The lowest BCUT2D eigenvalue weighted by atomic mass is 10.0. The summed E-state index contributed by atoms with van der Waals surface area (Å²) < 4.78 is 0. The van der Waals surface area contributed by atoms with Crippen molar-refractivity contribution in [1.82, 2.24) is 4.90 Å². The number of carbonyl (C=O) groups excluding carboxylic acids is 1. The van der Waals surface area contributed by atoms with Crippen LogP contribution in [0.2, 0.25) is 5.02 Å². The predicted molar refractivity (Wildman–Crippen MR) is 81.0 cm³/mol. The molecule has 2 rings (SSSR count). The lowest BCUT2D eigenvalue weighted by Gasteiger charge is -2.17. The number of likely N-dealkylation sites (tertiary alicyclic amines) is 1. The van der Waals surface area contributed by atoms with Crippen LogP contribution in [0.4, 0.5) is 5.69 Å². The third-order valence-corrected chi connectivity index (χ3v) is 4.06. The molecule has 0 spiro atoms. The first kappa shape index (κ1) is 15.3. The maximum absolute atomic E-state index is 12.0. The van der Waals surface area contributed by atoms with Gasteiger partial charge in [-0.05, 0) is 56.5 Å². The van der Waals surface area contributed by atoms with Crippen molar-refractivity contribution in [3.8, 4) is 0 Å². The van der Waals surface area contributed by atoms with E-state index >= 15 is 0 Å². The molecule has 1 saturated heterocycles. The van der Waals surface area contributed by atoms with Gasteiger partial charge in [0.15, 0.2) is 0 Å². The summed E-state index contributed by atoms with van der Waals surface area (Å²) in [4.78, 5) is 14.1. The fourth-order valence-corrected chi connectivity index (χ4v) is 2.79. The summed E-state index contributed by atoms with van der Waals surface area (Å²) in [7, 11) is 0. The van der Waals surface area contributed by atoms with E-state index in [4.69, 9.17) is 11.6 Å². The number of nitrogens with zero attached hydrogens (tertiary/aromatic N) is 1. The molecule has 0 aromatic heterocycles. The van der Waals surface area contributed by atoms with Gasteiger partial charge in [-0.3, -0.25) is 9.69 Å². The number of rotatable bonds is 4. The molecule has 1 heterocycles. The minimum Gasteiger partial charge on any atom is -0.393 e. The van der Waals surface area contributed by atoms with Gasteiger partial charge in [0.1, 0.15) is 0 Å². The molecular formula is C15H21ClN2O2. The molecule has 1 aliphatic heterocycles. The van der Waals surface area contributed by atoms with Gasteiger partial charge >= 0.3 is 0 Å². The Morgan fingerprint density at radius 1 is 1.60 bits per heavy atom. The highest BCUT2D eigenvalue weighted by Crippen LogP contribution is 2.21. The first-order valence-corrected chi connectivity index (χ1v) is 7.30. The number of nitrogens with one attached hydrogen (secondary N) is 1. The molecule has 0 bridgehead atoms. The summed E-state index contributed by atoms with van der Waals surface area (Å²) in [5, 5.41) is 13.1. The predicted octanol–water partition coefficient (Wildman–Crippen LogP) is 2.29. The number of anilines is 1. The first-order valence-electron chi connectivity index (χ1n) is 6.92. The Morgan fingerprint density at radius 2 is 2.35 bits per heavy atom. The molecule has 1 amide bonds. The van der Waals surface area contributed by atoms with Crippen molar-refractivity contribution in [1.29, 1.82) is 0 Å². The fraction of sp³-hybridized carbons (Fsp3) is 0.533. The zero-order chi connectivity index (χ0) is 14.7. The van der Waals surface area contributed by atoms with Crippen molar-refractivity contribution in [2.45, 2.75) is 26.4 Å². The van der Waals surface area contributed by atoms with Crippen LogP contribution >= 0.6 is 11.6 Å². The van der Waals surface area contributed by atoms with Gasteiger partial charge in [0.05, 0.1) is 12.6 Å². The van der Waals surface area contributed by atoms with Crippen LogP contribution in [-0.4, -0.2) is 41.7 Å². The largest absolute Gasteiger partial charge is 0.393 e. The molecule has 0 saturated carbocycles. The third kappa shape index (κ3) is 3.95. The van der Waals surface area contributed by atoms with Crippen molar-refractivity contribution >= 4 is 23.2 Å². The zero-order valence-electron chi connectivity index (χ0n) is 11.9. The highest BCUT2D eigenvalue weighted by Gasteiger charge is 2.27. The SMILES string of the molecule is Cc1cc(Cl)ccc1NC(=O)CN1CCC(C(C)O)C1. The second-order valence-corrected chi connectivity index (χ2v) is 5.97. The Labute approximate surface area is 124 Å². The number of halogens is 1. The number of carbonyl (C=O) groups is 1. The fourth-order valence-electron chi connectivity index (χ4n) is 2.56. The summed E-state index contributed by atoms with van der Waals surface area (Å²) in [6.45, 7) is 5.74. The summed E-state index contributed by atoms with van der Waals surface area (Å²) >= 11 is 5.89. The zero-order valence-corrected chi connectivity index (χ0v) is 12.7. The number of amides is 1. The Hall–Kier alpha value is -1.10. The molecule has 4 nitrogen and oxygen atoms in total. The minimum atomic E-state index is -0.304. The van der Waals surface area contributed by atoms with Crippen LogP contribution in [0.15, 0.2) is 18.2 Å². The van der Waals surface area contributed by atoms with Crippen molar-refractivity contribution in [3.63, 3.8) is 0 Å². The highest BCUT2D eigenvalue weighted by molar-refractivity contribution is 6.30.